The van der Waals surface area contributed by atoms with E-state index in [2.05, 4.69) is 39.6 Å². The van der Waals surface area contributed by atoms with Gasteiger partial charge in [-0.05, 0) is 11.6 Å². The van der Waals surface area contributed by atoms with Crippen LogP contribution >= 0.6 is 0 Å². The fraction of sp³-hybridized carbons (Fsp3) is 0.111. The normalized spacial score (nSPS) is 10.3. The van der Waals surface area contributed by atoms with Crippen molar-refractivity contribution in [3.05, 3.63) is 67.0 Å². The fourth-order valence-corrected chi connectivity index (χ4v) is 2.26. The monoisotopic (exact) mass is 290 g/mol. The quantitative estimate of drug-likeness (QED) is 0.790. The number of nitrogens with zero attached hydrogens (tertiary/aromatic N) is 3. The highest BCUT2D eigenvalue weighted by Gasteiger charge is 2.06. The van der Waals surface area contributed by atoms with E-state index in [1.165, 1.54) is 5.56 Å². The molecule has 0 radical (unpaired) electrons. The third-order valence-electron chi connectivity index (χ3n) is 3.39. The highest BCUT2D eigenvalue weighted by atomic mass is 15.2. The second-order valence-electron chi connectivity index (χ2n) is 5.19. The van der Waals surface area contributed by atoms with Gasteiger partial charge in [0, 0.05) is 31.4 Å². The van der Waals surface area contributed by atoms with Crippen LogP contribution in [0.4, 0.5) is 17.3 Å². The summed E-state index contributed by atoms with van der Waals surface area (Å²) in [5, 5.41) is 3.39. The predicted octanol–water partition coefficient (Wildman–Crippen LogP) is 3.95. The second kappa shape index (κ2) is 6.26. The van der Waals surface area contributed by atoms with Crippen molar-refractivity contribution in [2.24, 2.45) is 0 Å². The molecule has 3 aromatic rings. The highest BCUT2D eigenvalue weighted by molar-refractivity contribution is 5.80. The van der Waals surface area contributed by atoms with Crippen LogP contribution < -0.4 is 10.2 Å². The maximum Gasteiger partial charge on any atom is 0.135 e. The molecule has 0 saturated heterocycles. The predicted molar refractivity (Wildman–Crippen MR) is 91.5 cm³/mol. The van der Waals surface area contributed by atoms with Gasteiger partial charge < -0.3 is 10.2 Å². The number of hydrogen-bond donors (Lipinski definition) is 1. The van der Waals surface area contributed by atoms with Gasteiger partial charge in [-0.3, -0.25) is 0 Å². The van der Waals surface area contributed by atoms with Crippen LogP contribution in [-0.2, 0) is 0 Å². The Bertz CT molecular complexity index is 754. The minimum absolute atomic E-state index is 0.780. The smallest absolute Gasteiger partial charge is 0.135 e. The molecule has 0 fully saturated rings. The van der Waals surface area contributed by atoms with Crippen LogP contribution in [0.3, 0.4) is 0 Å². The number of aromatic nitrogens is 2. The van der Waals surface area contributed by atoms with Gasteiger partial charge >= 0.3 is 0 Å². The van der Waals surface area contributed by atoms with E-state index in [0.29, 0.717) is 0 Å². The average Bonchev–Trinajstić information content (AvgIpc) is 2.56. The van der Waals surface area contributed by atoms with Crippen molar-refractivity contribution in [2.75, 3.05) is 24.3 Å². The van der Waals surface area contributed by atoms with E-state index in [4.69, 9.17) is 0 Å². The first-order chi connectivity index (χ1) is 10.7. The van der Waals surface area contributed by atoms with Crippen LogP contribution in [0.1, 0.15) is 0 Å². The largest absolute Gasteiger partial charge is 0.363 e. The molecule has 22 heavy (non-hydrogen) atoms. The summed E-state index contributed by atoms with van der Waals surface area (Å²) < 4.78 is 0. The molecule has 110 valence electrons. The summed E-state index contributed by atoms with van der Waals surface area (Å²) in [7, 11) is 3.92. The van der Waals surface area contributed by atoms with Gasteiger partial charge in [-0.1, -0.05) is 48.5 Å². The summed E-state index contributed by atoms with van der Waals surface area (Å²) in [6, 6.07) is 20.5. The lowest BCUT2D eigenvalue weighted by Gasteiger charge is -2.14. The zero-order valence-corrected chi connectivity index (χ0v) is 12.7. The van der Waals surface area contributed by atoms with Crippen molar-refractivity contribution in [1.82, 2.24) is 9.97 Å². The molecule has 0 saturated carbocycles. The molecule has 0 atom stereocenters. The molecule has 0 unspecified atom stereocenters. The molecule has 2 aromatic carbocycles. The highest BCUT2D eigenvalue weighted by Crippen LogP contribution is 2.29. The minimum Gasteiger partial charge on any atom is -0.363 e. The number of benzene rings is 2. The summed E-state index contributed by atoms with van der Waals surface area (Å²) in [5.41, 5.74) is 3.35. The SMILES string of the molecule is CN(C)c1cc(Nc2ccccc2-c2ccccc2)ncn1. The van der Waals surface area contributed by atoms with Crippen LogP contribution in [-0.4, -0.2) is 24.1 Å². The zero-order chi connectivity index (χ0) is 15.4. The Morgan fingerprint density at radius 3 is 2.36 bits per heavy atom. The van der Waals surface area contributed by atoms with Crippen LogP contribution in [0, 0.1) is 0 Å². The summed E-state index contributed by atoms with van der Waals surface area (Å²) in [6.07, 6.45) is 1.57. The van der Waals surface area contributed by atoms with Gasteiger partial charge in [-0.15, -0.1) is 0 Å². The van der Waals surface area contributed by atoms with Gasteiger partial charge in [0.25, 0.3) is 0 Å². The van der Waals surface area contributed by atoms with Gasteiger partial charge in [-0.25, -0.2) is 9.97 Å². The molecule has 4 heteroatoms. The van der Waals surface area contributed by atoms with E-state index in [1.807, 2.05) is 55.4 Å². The van der Waals surface area contributed by atoms with Crippen LogP contribution in [0.2, 0.25) is 0 Å². The zero-order valence-electron chi connectivity index (χ0n) is 12.7. The second-order valence-corrected chi connectivity index (χ2v) is 5.19. The van der Waals surface area contributed by atoms with E-state index in [1.54, 1.807) is 6.33 Å². The molecule has 1 N–H and O–H groups in total. The maximum atomic E-state index is 4.30. The third-order valence-corrected chi connectivity index (χ3v) is 3.39. The van der Waals surface area contributed by atoms with Crippen molar-refractivity contribution in [1.29, 1.82) is 0 Å². The van der Waals surface area contributed by atoms with Gasteiger partial charge in [0.15, 0.2) is 0 Å². The molecule has 0 aliphatic rings. The molecule has 0 aliphatic carbocycles. The van der Waals surface area contributed by atoms with Crippen LogP contribution in [0.15, 0.2) is 67.0 Å². The Morgan fingerprint density at radius 2 is 1.59 bits per heavy atom. The third kappa shape index (κ3) is 3.06. The Labute approximate surface area is 130 Å². The lowest BCUT2D eigenvalue weighted by molar-refractivity contribution is 1.04. The summed E-state index contributed by atoms with van der Waals surface area (Å²) in [6.45, 7) is 0. The van der Waals surface area contributed by atoms with E-state index in [9.17, 15) is 0 Å². The number of para-hydroxylation sites is 1. The molecular formula is C18H18N4. The number of nitrogens with one attached hydrogen (secondary N) is 1. The fourth-order valence-electron chi connectivity index (χ4n) is 2.26. The number of hydrogen-bond acceptors (Lipinski definition) is 4. The molecular weight excluding hydrogens is 272 g/mol. The first kappa shape index (κ1) is 14.1. The standard InChI is InChI=1S/C18H18N4/c1-22(2)18-12-17(19-13-20-18)21-16-11-7-6-10-15(16)14-8-4-3-5-9-14/h3-13H,1-2H3,(H,19,20,21). The van der Waals surface area contributed by atoms with E-state index in [0.717, 1.165) is 22.9 Å². The maximum absolute atomic E-state index is 4.30. The van der Waals surface area contributed by atoms with Crippen LogP contribution in [0.25, 0.3) is 11.1 Å². The number of anilines is 3. The lowest BCUT2D eigenvalue weighted by Crippen LogP contribution is -2.11. The molecule has 3 rings (SSSR count). The van der Waals surface area contributed by atoms with Gasteiger partial charge in [-0.2, -0.15) is 0 Å². The number of rotatable bonds is 4. The first-order valence-electron chi connectivity index (χ1n) is 7.15. The Morgan fingerprint density at radius 1 is 0.864 bits per heavy atom. The van der Waals surface area contributed by atoms with Crippen molar-refractivity contribution < 1.29 is 0 Å². The van der Waals surface area contributed by atoms with E-state index in [-0.39, 0.29) is 0 Å². The Balaban J connectivity index is 1.95. The van der Waals surface area contributed by atoms with Crippen LogP contribution in [0.5, 0.6) is 0 Å². The summed E-state index contributed by atoms with van der Waals surface area (Å²) in [5.74, 6) is 1.65. The van der Waals surface area contributed by atoms with Gasteiger partial charge in [0.1, 0.15) is 18.0 Å². The Hall–Kier alpha value is -2.88. The molecule has 0 amide bonds. The summed E-state index contributed by atoms with van der Waals surface area (Å²) in [4.78, 5) is 10.5. The molecule has 4 nitrogen and oxygen atoms in total. The lowest BCUT2D eigenvalue weighted by atomic mass is 10.0. The minimum atomic E-state index is 0.780. The Kier molecular flexibility index (Phi) is 4.01. The van der Waals surface area contributed by atoms with Gasteiger partial charge in [0.05, 0.1) is 0 Å². The first-order valence-corrected chi connectivity index (χ1v) is 7.15. The summed E-state index contributed by atoms with van der Waals surface area (Å²) >= 11 is 0. The molecule has 0 bridgehead atoms. The molecule has 0 aliphatic heterocycles. The van der Waals surface area contributed by atoms with Crippen molar-refractivity contribution in [2.45, 2.75) is 0 Å². The van der Waals surface area contributed by atoms with E-state index >= 15 is 0 Å². The van der Waals surface area contributed by atoms with Crippen molar-refractivity contribution in [3.63, 3.8) is 0 Å². The molecule has 0 spiro atoms. The molecule has 1 heterocycles. The topological polar surface area (TPSA) is 41.0 Å². The van der Waals surface area contributed by atoms with Crippen molar-refractivity contribution >= 4 is 17.3 Å². The molecule has 1 aromatic heterocycles. The van der Waals surface area contributed by atoms with Gasteiger partial charge in [0.2, 0.25) is 0 Å². The van der Waals surface area contributed by atoms with E-state index < -0.39 is 0 Å². The average molecular weight is 290 g/mol. The van der Waals surface area contributed by atoms with Crippen molar-refractivity contribution in [3.8, 4) is 11.1 Å².